The van der Waals surface area contributed by atoms with Gasteiger partial charge in [0.25, 0.3) is 5.69 Å². The predicted molar refractivity (Wildman–Crippen MR) is 51.5 cm³/mol. The molecule has 0 N–H and O–H groups in total. The van der Waals surface area contributed by atoms with Crippen LogP contribution >= 0.6 is 0 Å². The molecule has 1 fully saturated rings. The standard InChI is InChI=1S/C10H8N2O2/c13-12(14)10-3-1-9(2-4-10)5-6-11-7-8-11/h1-4H,7-8H2. The van der Waals surface area contributed by atoms with E-state index >= 15 is 0 Å². The zero-order valence-electron chi connectivity index (χ0n) is 7.43. The number of hydrogen-bond acceptors (Lipinski definition) is 3. The van der Waals surface area contributed by atoms with Gasteiger partial charge in [-0.3, -0.25) is 10.1 Å². The lowest BCUT2D eigenvalue weighted by Gasteiger charge is -1.90. The summed E-state index contributed by atoms with van der Waals surface area (Å²) in [6.07, 6.45) is 0. The van der Waals surface area contributed by atoms with Crippen molar-refractivity contribution in [2.75, 3.05) is 13.1 Å². The Morgan fingerprint density at radius 3 is 2.43 bits per heavy atom. The van der Waals surface area contributed by atoms with E-state index in [0.717, 1.165) is 18.7 Å². The molecule has 0 bridgehead atoms. The molecule has 2 rings (SSSR count). The maximum Gasteiger partial charge on any atom is 0.269 e. The lowest BCUT2D eigenvalue weighted by molar-refractivity contribution is -0.384. The average molecular weight is 188 g/mol. The van der Waals surface area contributed by atoms with E-state index < -0.39 is 4.92 Å². The van der Waals surface area contributed by atoms with Crippen LogP contribution in [-0.4, -0.2) is 22.9 Å². The Hall–Kier alpha value is -2.02. The average Bonchev–Trinajstić information content (AvgIpc) is 2.99. The highest BCUT2D eigenvalue weighted by Crippen LogP contribution is 2.11. The Balaban J connectivity index is 2.14. The lowest BCUT2D eigenvalue weighted by Crippen LogP contribution is -1.87. The van der Waals surface area contributed by atoms with Crippen molar-refractivity contribution < 1.29 is 4.92 Å². The first-order valence-corrected chi connectivity index (χ1v) is 4.27. The fourth-order valence-electron chi connectivity index (χ4n) is 0.972. The third kappa shape index (κ3) is 2.02. The van der Waals surface area contributed by atoms with Crippen molar-refractivity contribution in [1.82, 2.24) is 4.90 Å². The van der Waals surface area contributed by atoms with Crippen molar-refractivity contribution in [1.29, 1.82) is 0 Å². The number of rotatable bonds is 1. The summed E-state index contributed by atoms with van der Waals surface area (Å²) >= 11 is 0. The van der Waals surface area contributed by atoms with Crippen LogP contribution in [0, 0.1) is 22.1 Å². The molecule has 4 heteroatoms. The molecule has 0 unspecified atom stereocenters. The van der Waals surface area contributed by atoms with E-state index in [1.165, 1.54) is 12.1 Å². The molecule has 14 heavy (non-hydrogen) atoms. The highest BCUT2D eigenvalue weighted by Gasteiger charge is 2.11. The van der Waals surface area contributed by atoms with Gasteiger partial charge in [-0.2, -0.15) is 0 Å². The van der Waals surface area contributed by atoms with Crippen LogP contribution in [0.3, 0.4) is 0 Å². The molecule has 0 atom stereocenters. The number of non-ortho nitro benzene ring substituents is 1. The molecule has 0 amide bonds. The van der Waals surface area contributed by atoms with Gasteiger partial charge in [-0.15, -0.1) is 0 Å². The van der Waals surface area contributed by atoms with Crippen molar-refractivity contribution in [3.05, 3.63) is 39.9 Å². The molecule has 1 saturated heterocycles. The molecule has 1 aliphatic rings. The van der Waals surface area contributed by atoms with Crippen LogP contribution in [0.15, 0.2) is 24.3 Å². The van der Waals surface area contributed by atoms with Crippen LogP contribution < -0.4 is 0 Å². The minimum absolute atomic E-state index is 0.0993. The largest absolute Gasteiger partial charge is 0.329 e. The zero-order chi connectivity index (χ0) is 9.97. The third-order valence-corrected chi connectivity index (χ3v) is 1.88. The summed E-state index contributed by atoms with van der Waals surface area (Å²) in [6, 6.07) is 9.19. The third-order valence-electron chi connectivity index (χ3n) is 1.88. The normalized spacial score (nSPS) is 13.0. The Morgan fingerprint density at radius 2 is 1.93 bits per heavy atom. The van der Waals surface area contributed by atoms with Gasteiger partial charge in [-0.05, 0) is 18.1 Å². The molecule has 0 saturated carbocycles. The predicted octanol–water partition coefficient (Wildman–Crippen LogP) is 1.22. The Bertz CT molecular complexity index is 410. The van der Waals surface area contributed by atoms with Crippen LogP contribution in [0.4, 0.5) is 5.69 Å². The van der Waals surface area contributed by atoms with Crippen LogP contribution in [0.2, 0.25) is 0 Å². The second-order valence-corrected chi connectivity index (χ2v) is 3.03. The molecular formula is C10H8N2O2. The van der Waals surface area contributed by atoms with Gasteiger partial charge in [0.1, 0.15) is 0 Å². The minimum Gasteiger partial charge on any atom is -0.329 e. The number of nitrogens with zero attached hydrogens (tertiary/aromatic N) is 2. The van der Waals surface area contributed by atoms with E-state index in [2.05, 4.69) is 12.0 Å². The summed E-state index contributed by atoms with van der Waals surface area (Å²) in [5, 5.41) is 10.3. The molecule has 1 aromatic carbocycles. The molecule has 70 valence electrons. The number of nitro benzene ring substituents is 1. The van der Waals surface area contributed by atoms with E-state index in [4.69, 9.17) is 0 Å². The monoisotopic (exact) mass is 188 g/mol. The van der Waals surface area contributed by atoms with Crippen molar-refractivity contribution in [3.8, 4) is 12.0 Å². The second-order valence-electron chi connectivity index (χ2n) is 3.03. The van der Waals surface area contributed by atoms with E-state index in [1.807, 2.05) is 4.90 Å². The summed E-state index contributed by atoms with van der Waals surface area (Å²) in [5.41, 5.74) is 0.907. The molecular weight excluding hydrogens is 180 g/mol. The molecule has 1 aliphatic heterocycles. The van der Waals surface area contributed by atoms with Crippen LogP contribution in [0.5, 0.6) is 0 Å². The molecule has 0 spiro atoms. The number of benzene rings is 1. The molecule has 4 nitrogen and oxygen atoms in total. The molecule has 1 aromatic rings. The molecule has 0 aromatic heterocycles. The first-order valence-electron chi connectivity index (χ1n) is 4.27. The van der Waals surface area contributed by atoms with Crippen molar-refractivity contribution in [2.24, 2.45) is 0 Å². The van der Waals surface area contributed by atoms with Crippen LogP contribution in [0.1, 0.15) is 5.56 Å². The highest BCUT2D eigenvalue weighted by molar-refractivity contribution is 5.41. The zero-order valence-corrected chi connectivity index (χ0v) is 7.43. The van der Waals surface area contributed by atoms with Crippen LogP contribution in [-0.2, 0) is 0 Å². The highest BCUT2D eigenvalue weighted by atomic mass is 16.6. The summed E-state index contributed by atoms with van der Waals surface area (Å²) in [5.74, 6) is 2.93. The first-order chi connectivity index (χ1) is 6.75. The topological polar surface area (TPSA) is 46.1 Å². The fraction of sp³-hybridized carbons (Fsp3) is 0.200. The van der Waals surface area contributed by atoms with Gasteiger partial charge < -0.3 is 4.90 Å². The van der Waals surface area contributed by atoms with Crippen LogP contribution in [0.25, 0.3) is 0 Å². The second kappa shape index (κ2) is 3.38. The Labute approximate surface area is 81.3 Å². The maximum atomic E-state index is 10.3. The SMILES string of the molecule is O=[N+]([O-])c1ccc(C#CN2CC2)cc1. The van der Waals surface area contributed by atoms with E-state index in [9.17, 15) is 10.1 Å². The van der Waals surface area contributed by atoms with Crippen molar-refractivity contribution in [3.63, 3.8) is 0 Å². The maximum absolute atomic E-state index is 10.3. The van der Waals surface area contributed by atoms with Crippen molar-refractivity contribution in [2.45, 2.75) is 0 Å². The van der Waals surface area contributed by atoms with E-state index in [1.54, 1.807) is 12.1 Å². The fourth-order valence-corrected chi connectivity index (χ4v) is 0.972. The number of nitro groups is 1. The molecule has 0 radical (unpaired) electrons. The first kappa shape index (κ1) is 8.57. The summed E-state index contributed by atoms with van der Waals surface area (Å²) in [4.78, 5) is 11.9. The van der Waals surface area contributed by atoms with Crippen molar-refractivity contribution >= 4 is 5.69 Å². The quantitative estimate of drug-likeness (QED) is 0.288. The minimum atomic E-state index is -0.415. The molecule has 1 heterocycles. The van der Waals surface area contributed by atoms with Gasteiger partial charge in [-0.1, -0.05) is 0 Å². The van der Waals surface area contributed by atoms with Gasteiger partial charge in [0.15, 0.2) is 0 Å². The summed E-state index contributed by atoms with van der Waals surface area (Å²) in [6.45, 7) is 2.06. The number of hydrogen-bond donors (Lipinski definition) is 0. The Kier molecular flexibility index (Phi) is 2.07. The smallest absolute Gasteiger partial charge is 0.269 e. The van der Waals surface area contributed by atoms with Gasteiger partial charge in [0, 0.05) is 36.8 Å². The lowest BCUT2D eigenvalue weighted by atomic mass is 10.2. The summed E-state index contributed by atoms with van der Waals surface area (Å²) < 4.78 is 0. The van der Waals surface area contributed by atoms with E-state index in [0.29, 0.717) is 0 Å². The molecule has 0 aliphatic carbocycles. The van der Waals surface area contributed by atoms with E-state index in [-0.39, 0.29) is 5.69 Å². The van der Waals surface area contributed by atoms with Gasteiger partial charge >= 0.3 is 0 Å². The van der Waals surface area contributed by atoms with Gasteiger partial charge in [0.05, 0.1) is 4.92 Å². The van der Waals surface area contributed by atoms with Gasteiger partial charge in [0.2, 0.25) is 0 Å². The van der Waals surface area contributed by atoms with Gasteiger partial charge in [-0.25, -0.2) is 0 Å². The summed E-state index contributed by atoms with van der Waals surface area (Å²) in [7, 11) is 0. The Morgan fingerprint density at radius 1 is 1.29 bits per heavy atom.